The van der Waals surface area contributed by atoms with E-state index in [-0.39, 0.29) is 0 Å². The number of alkyl halides is 1. The average Bonchev–Trinajstić information content (AvgIpc) is 2.11. The van der Waals surface area contributed by atoms with Gasteiger partial charge in [-0.3, -0.25) is 0 Å². The van der Waals surface area contributed by atoms with Crippen LogP contribution in [0.15, 0.2) is 11.6 Å². The molecule has 0 rings (SSSR count). The lowest BCUT2D eigenvalue weighted by atomic mass is 10.2. The second-order valence-electron chi connectivity index (χ2n) is 5.92. The molecule has 0 aromatic carbocycles. The Bertz CT molecular complexity index is 229. The Morgan fingerprint density at radius 2 is 1.88 bits per heavy atom. The van der Waals surface area contributed by atoms with E-state index in [2.05, 4.69) is 62.8 Å². The van der Waals surface area contributed by atoms with E-state index in [1.807, 2.05) is 0 Å². The average molecular weight is 307 g/mol. The van der Waals surface area contributed by atoms with Crippen molar-refractivity contribution in [3.05, 3.63) is 11.6 Å². The van der Waals surface area contributed by atoms with Crippen LogP contribution in [0.4, 0.5) is 0 Å². The van der Waals surface area contributed by atoms with Crippen molar-refractivity contribution in [2.24, 2.45) is 0 Å². The van der Waals surface area contributed by atoms with Gasteiger partial charge < -0.3 is 4.43 Å². The molecule has 0 unspecified atom stereocenters. The molecular formula is C13H27BrOSi. The van der Waals surface area contributed by atoms with Gasteiger partial charge in [0.1, 0.15) is 0 Å². The van der Waals surface area contributed by atoms with Crippen molar-refractivity contribution in [3.8, 4) is 0 Å². The second-order valence-corrected chi connectivity index (χ2v) is 11.4. The molecule has 0 aromatic heterocycles. The number of hydrogen-bond donors (Lipinski definition) is 0. The molecule has 0 saturated heterocycles. The number of hydrogen-bond acceptors (Lipinski definition) is 1. The Morgan fingerprint density at radius 3 is 2.31 bits per heavy atom. The van der Waals surface area contributed by atoms with Crippen LogP contribution in [0, 0.1) is 0 Å². The fourth-order valence-electron chi connectivity index (χ4n) is 1.13. The van der Waals surface area contributed by atoms with E-state index in [1.165, 1.54) is 5.57 Å². The van der Waals surface area contributed by atoms with Crippen LogP contribution in [0.5, 0.6) is 0 Å². The third kappa shape index (κ3) is 6.21. The van der Waals surface area contributed by atoms with Gasteiger partial charge in [0.15, 0.2) is 8.32 Å². The molecule has 0 aliphatic heterocycles. The minimum absolute atomic E-state index is 0.327. The molecule has 3 heteroatoms. The van der Waals surface area contributed by atoms with Crippen molar-refractivity contribution in [2.75, 3.05) is 11.9 Å². The van der Waals surface area contributed by atoms with Gasteiger partial charge in [-0.25, -0.2) is 0 Å². The fraction of sp³-hybridized carbons (Fsp3) is 0.846. The molecule has 0 radical (unpaired) electrons. The Balaban J connectivity index is 3.87. The molecule has 0 spiro atoms. The number of halogens is 1. The topological polar surface area (TPSA) is 9.23 Å². The highest BCUT2D eigenvalue weighted by molar-refractivity contribution is 9.09. The van der Waals surface area contributed by atoms with E-state index in [0.29, 0.717) is 5.04 Å². The van der Waals surface area contributed by atoms with E-state index in [0.717, 1.165) is 24.8 Å². The quantitative estimate of drug-likeness (QED) is 0.286. The Labute approximate surface area is 111 Å². The zero-order chi connectivity index (χ0) is 12.8. The van der Waals surface area contributed by atoms with E-state index in [1.54, 1.807) is 0 Å². The minimum atomic E-state index is -1.52. The summed E-state index contributed by atoms with van der Waals surface area (Å²) >= 11 is 3.42. The van der Waals surface area contributed by atoms with Gasteiger partial charge in [0, 0.05) is 11.9 Å². The normalized spacial score (nSPS) is 14.3. The molecule has 0 aromatic rings. The zero-order valence-electron chi connectivity index (χ0n) is 11.7. The molecule has 0 aliphatic rings. The van der Waals surface area contributed by atoms with Crippen LogP contribution in [0.2, 0.25) is 18.1 Å². The van der Waals surface area contributed by atoms with E-state index in [4.69, 9.17) is 4.43 Å². The van der Waals surface area contributed by atoms with Crippen LogP contribution in [-0.2, 0) is 4.43 Å². The van der Waals surface area contributed by atoms with Gasteiger partial charge in [-0.15, -0.1) is 0 Å². The standard InChI is InChI=1S/C13H27BrOSi/c1-12(9-10-14)8-7-11-15-16(5,6)13(2,3)4/h9H,7-8,10-11H2,1-6H3/b12-9+. The van der Waals surface area contributed by atoms with Crippen molar-refractivity contribution in [3.63, 3.8) is 0 Å². The smallest absolute Gasteiger partial charge is 0.191 e. The zero-order valence-corrected chi connectivity index (χ0v) is 14.3. The molecule has 0 N–H and O–H groups in total. The molecule has 0 amide bonds. The van der Waals surface area contributed by atoms with Crippen molar-refractivity contribution < 1.29 is 4.43 Å². The van der Waals surface area contributed by atoms with Gasteiger partial charge in [-0.2, -0.15) is 0 Å². The van der Waals surface area contributed by atoms with Crippen LogP contribution >= 0.6 is 15.9 Å². The molecule has 1 nitrogen and oxygen atoms in total. The summed E-state index contributed by atoms with van der Waals surface area (Å²) < 4.78 is 6.12. The first-order chi connectivity index (χ1) is 7.20. The molecule has 0 bridgehead atoms. The molecule has 0 aliphatic carbocycles. The summed E-state index contributed by atoms with van der Waals surface area (Å²) in [5.41, 5.74) is 1.45. The van der Waals surface area contributed by atoms with E-state index < -0.39 is 8.32 Å². The van der Waals surface area contributed by atoms with Crippen molar-refractivity contribution in [2.45, 2.75) is 58.7 Å². The van der Waals surface area contributed by atoms with E-state index >= 15 is 0 Å². The first-order valence-electron chi connectivity index (χ1n) is 6.06. The predicted molar refractivity (Wildman–Crippen MR) is 79.9 cm³/mol. The third-order valence-electron chi connectivity index (χ3n) is 3.41. The molecule has 0 fully saturated rings. The molecule has 0 heterocycles. The maximum Gasteiger partial charge on any atom is 0.191 e. The van der Waals surface area contributed by atoms with E-state index in [9.17, 15) is 0 Å². The van der Waals surface area contributed by atoms with Gasteiger partial charge in [-0.1, -0.05) is 48.4 Å². The number of rotatable bonds is 6. The lowest BCUT2D eigenvalue weighted by Crippen LogP contribution is -2.40. The highest BCUT2D eigenvalue weighted by atomic mass is 79.9. The summed E-state index contributed by atoms with van der Waals surface area (Å²) in [6.07, 6.45) is 4.52. The van der Waals surface area contributed by atoms with Crippen LogP contribution in [0.3, 0.4) is 0 Å². The first-order valence-corrected chi connectivity index (χ1v) is 10.1. The Kier molecular flexibility index (Phi) is 7.14. The summed E-state index contributed by atoms with van der Waals surface area (Å²) in [5, 5.41) is 1.29. The maximum absolute atomic E-state index is 6.12. The van der Waals surface area contributed by atoms with Gasteiger partial charge in [0.2, 0.25) is 0 Å². The van der Waals surface area contributed by atoms with Gasteiger partial charge >= 0.3 is 0 Å². The van der Waals surface area contributed by atoms with Crippen molar-refractivity contribution in [1.82, 2.24) is 0 Å². The van der Waals surface area contributed by atoms with Crippen molar-refractivity contribution in [1.29, 1.82) is 0 Å². The Hall–Kier alpha value is 0.397. The lowest BCUT2D eigenvalue weighted by molar-refractivity contribution is 0.282. The molecule has 16 heavy (non-hydrogen) atoms. The molecule has 96 valence electrons. The summed E-state index contributed by atoms with van der Waals surface area (Å²) in [6, 6.07) is 0. The largest absolute Gasteiger partial charge is 0.417 e. The Morgan fingerprint density at radius 1 is 1.31 bits per heavy atom. The van der Waals surface area contributed by atoms with Crippen LogP contribution in [0.1, 0.15) is 40.5 Å². The van der Waals surface area contributed by atoms with Crippen LogP contribution in [0.25, 0.3) is 0 Å². The lowest BCUT2D eigenvalue weighted by Gasteiger charge is -2.36. The summed E-state index contributed by atoms with van der Waals surface area (Å²) in [6.45, 7) is 14.6. The van der Waals surface area contributed by atoms with Gasteiger partial charge in [0.05, 0.1) is 0 Å². The third-order valence-corrected chi connectivity index (χ3v) is 8.27. The highest BCUT2D eigenvalue weighted by Crippen LogP contribution is 2.36. The van der Waals surface area contributed by atoms with Gasteiger partial charge in [0.25, 0.3) is 0 Å². The molecular weight excluding hydrogens is 280 g/mol. The molecule has 0 saturated carbocycles. The second kappa shape index (κ2) is 6.97. The van der Waals surface area contributed by atoms with Crippen LogP contribution in [-0.4, -0.2) is 20.3 Å². The minimum Gasteiger partial charge on any atom is -0.417 e. The summed E-state index contributed by atoms with van der Waals surface area (Å²) in [4.78, 5) is 0. The predicted octanol–water partition coefficient (Wildman–Crippen LogP) is 5.13. The monoisotopic (exact) mass is 306 g/mol. The first kappa shape index (κ1) is 16.4. The fourth-order valence-corrected chi connectivity index (χ4v) is 2.77. The highest BCUT2D eigenvalue weighted by Gasteiger charge is 2.36. The van der Waals surface area contributed by atoms with Crippen LogP contribution < -0.4 is 0 Å². The summed E-state index contributed by atoms with van der Waals surface area (Å²) in [7, 11) is -1.52. The number of allylic oxidation sites excluding steroid dienone is 2. The molecule has 0 atom stereocenters. The SMILES string of the molecule is C/C(=C\CBr)CCCO[Si](C)(C)C(C)(C)C. The van der Waals surface area contributed by atoms with Gasteiger partial charge in [-0.05, 0) is 37.9 Å². The van der Waals surface area contributed by atoms with Crippen molar-refractivity contribution >= 4 is 24.2 Å². The summed E-state index contributed by atoms with van der Waals surface area (Å²) in [5.74, 6) is 0. The maximum atomic E-state index is 6.12.